The molecule has 2 aromatic rings. The maximum absolute atomic E-state index is 12.8. The second-order valence-corrected chi connectivity index (χ2v) is 4.94. The molecule has 1 heterocycles. The zero-order valence-corrected chi connectivity index (χ0v) is 11.9. The van der Waals surface area contributed by atoms with Crippen LogP contribution in [-0.2, 0) is 6.54 Å². The van der Waals surface area contributed by atoms with Gasteiger partial charge in [-0.1, -0.05) is 6.07 Å². The highest BCUT2D eigenvalue weighted by molar-refractivity contribution is 5.42. The average molecular weight is 273 g/mol. The van der Waals surface area contributed by atoms with Gasteiger partial charge in [0.2, 0.25) is 0 Å². The molecule has 20 heavy (non-hydrogen) atoms. The third-order valence-electron chi connectivity index (χ3n) is 3.04. The number of aromatic nitrogens is 1. The molecule has 0 aliphatic carbocycles. The molecule has 0 amide bonds. The molecule has 4 heteroatoms. The van der Waals surface area contributed by atoms with Gasteiger partial charge in [-0.15, -0.1) is 0 Å². The number of hydrogen-bond donors (Lipinski definition) is 1. The van der Waals surface area contributed by atoms with E-state index in [1.54, 1.807) is 12.1 Å². The lowest BCUT2D eigenvalue weighted by molar-refractivity contribution is 0.335. The van der Waals surface area contributed by atoms with E-state index in [9.17, 15) is 4.39 Å². The first kappa shape index (κ1) is 14.5. The van der Waals surface area contributed by atoms with Gasteiger partial charge in [-0.25, -0.2) is 4.39 Å². The van der Waals surface area contributed by atoms with Gasteiger partial charge < -0.3 is 5.32 Å². The maximum Gasteiger partial charge on any atom is 0.123 e. The molecule has 0 atom stereocenters. The number of pyridine rings is 1. The molecule has 0 aliphatic heterocycles. The minimum absolute atomic E-state index is 0.210. The molecule has 1 aromatic carbocycles. The van der Waals surface area contributed by atoms with E-state index in [-0.39, 0.29) is 5.82 Å². The zero-order valence-electron chi connectivity index (χ0n) is 11.9. The van der Waals surface area contributed by atoms with Crippen molar-refractivity contribution in [3.63, 3.8) is 0 Å². The average Bonchev–Trinajstić information content (AvgIpc) is 2.41. The van der Waals surface area contributed by atoms with Crippen LogP contribution < -0.4 is 5.32 Å². The monoisotopic (exact) mass is 273 g/mol. The van der Waals surface area contributed by atoms with Crippen molar-refractivity contribution in [3.8, 4) is 0 Å². The van der Waals surface area contributed by atoms with Crippen LogP contribution >= 0.6 is 0 Å². The predicted octanol–water partition coefficient (Wildman–Crippen LogP) is 3.07. The molecule has 0 saturated carbocycles. The van der Waals surface area contributed by atoms with Crippen molar-refractivity contribution in [2.24, 2.45) is 0 Å². The van der Waals surface area contributed by atoms with Crippen LogP contribution in [0.25, 0.3) is 0 Å². The number of halogens is 1. The predicted molar refractivity (Wildman–Crippen MR) is 80.2 cm³/mol. The van der Waals surface area contributed by atoms with Gasteiger partial charge in [0.05, 0.1) is 5.69 Å². The van der Waals surface area contributed by atoms with Crippen LogP contribution in [0.1, 0.15) is 11.4 Å². The van der Waals surface area contributed by atoms with Gasteiger partial charge >= 0.3 is 0 Å². The Labute approximate surface area is 119 Å². The minimum atomic E-state index is -0.210. The van der Waals surface area contributed by atoms with Crippen LogP contribution in [0.15, 0.2) is 42.5 Å². The summed E-state index contributed by atoms with van der Waals surface area (Å²) in [6.45, 7) is 4.54. The topological polar surface area (TPSA) is 28.2 Å². The number of nitrogens with one attached hydrogen (secondary N) is 1. The highest BCUT2D eigenvalue weighted by Gasteiger charge is 2.01. The van der Waals surface area contributed by atoms with Gasteiger partial charge in [0.15, 0.2) is 0 Å². The first-order valence-electron chi connectivity index (χ1n) is 6.74. The molecule has 1 aromatic heterocycles. The second kappa shape index (κ2) is 7.01. The van der Waals surface area contributed by atoms with Crippen LogP contribution in [0.2, 0.25) is 0 Å². The fraction of sp³-hybridized carbons (Fsp3) is 0.312. The Morgan fingerprint density at radius 2 is 1.90 bits per heavy atom. The van der Waals surface area contributed by atoms with Crippen LogP contribution in [0.5, 0.6) is 0 Å². The number of hydrogen-bond acceptors (Lipinski definition) is 3. The Morgan fingerprint density at radius 1 is 1.15 bits per heavy atom. The van der Waals surface area contributed by atoms with E-state index < -0.39 is 0 Å². The lowest BCUT2D eigenvalue weighted by Gasteiger charge is -2.17. The number of aryl methyl sites for hydroxylation is 1. The molecule has 0 radical (unpaired) electrons. The Balaban J connectivity index is 1.75. The normalized spacial score (nSPS) is 10.8. The van der Waals surface area contributed by atoms with Crippen molar-refractivity contribution in [1.29, 1.82) is 0 Å². The van der Waals surface area contributed by atoms with E-state index in [1.807, 2.05) is 25.1 Å². The number of benzene rings is 1. The van der Waals surface area contributed by atoms with Crippen LogP contribution in [0, 0.1) is 12.7 Å². The van der Waals surface area contributed by atoms with Crippen molar-refractivity contribution in [1.82, 2.24) is 9.88 Å². The van der Waals surface area contributed by atoms with Crippen molar-refractivity contribution in [3.05, 3.63) is 59.7 Å². The molecule has 0 fully saturated rings. The van der Waals surface area contributed by atoms with E-state index in [0.29, 0.717) is 0 Å². The van der Waals surface area contributed by atoms with Crippen molar-refractivity contribution in [2.45, 2.75) is 13.5 Å². The Morgan fingerprint density at radius 3 is 2.60 bits per heavy atom. The summed E-state index contributed by atoms with van der Waals surface area (Å²) in [6, 6.07) is 12.5. The Kier molecular flexibility index (Phi) is 5.07. The van der Waals surface area contributed by atoms with E-state index in [1.165, 1.54) is 12.1 Å². The second-order valence-electron chi connectivity index (χ2n) is 4.94. The molecule has 0 aliphatic rings. The van der Waals surface area contributed by atoms with Crippen molar-refractivity contribution >= 4 is 5.69 Å². The molecule has 0 unspecified atom stereocenters. The molecule has 1 N–H and O–H groups in total. The molecule has 3 nitrogen and oxygen atoms in total. The van der Waals surface area contributed by atoms with Crippen LogP contribution in [-0.4, -0.2) is 30.0 Å². The largest absolute Gasteiger partial charge is 0.384 e. The highest BCUT2D eigenvalue weighted by atomic mass is 19.1. The quantitative estimate of drug-likeness (QED) is 0.876. The lowest BCUT2D eigenvalue weighted by atomic mass is 10.3. The molecule has 106 valence electrons. The van der Waals surface area contributed by atoms with E-state index in [2.05, 4.69) is 22.2 Å². The summed E-state index contributed by atoms with van der Waals surface area (Å²) in [5.74, 6) is -0.210. The fourth-order valence-electron chi connectivity index (χ4n) is 2.00. The van der Waals surface area contributed by atoms with Crippen LogP contribution in [0.4, 0.5) is 10.1 Å². The van der Waals surface area contributed by atoms with E-state index in [4.69, 9.17) is 0 Å². The third kappa shape index (κ3) is 4.63. The van der Waals surface area contributed by atoms with Crippen molar-refractivity contribution < 1.29 is 4.39 Å². The van der Waals surface area contributed by atoms with Gasteiger partial charge in [-0.05, 0) is 50.4 Å². The molecule has 0 spiro atoms. The van der Waals surface area contributed by atoms with Gasteiger partial charge in [0, 0.05) is 31.0 Å². The zero-order chi connectivity index (χ0) is 14.4. The van der Waals surface area contributed by atoms with E-state index in [0.717, 1.165) is 36.7 Å². The van der Waals surface area contributed by atoms with Gasteiger partial charge in [0.25, 0.3) is 0 Å². The molecular formula is C16H20FN3. The summed E-state index contributed by atoms with van der Waals surface area (Å²) in [4.78, 5) is 6.69. The van der Waals surface area contributed by atoms with Crippen LogP contribution in [0.3, 0.4) is 0 Å². The lowest BCUT2D eigenvalue weighted by Crippen LogP contribution is -2.25. The maximum atomic E-state index is 12.8. The number of likely N-dealkylation sites (N-methyl/N-ethyl adjacent to an activating group) is 1. The Hall–Kier alpha value is -1.94. The summed E-state index contributed by atoms with van der Waals surface area (Å²) in [6.07, 6.45) is 0. The summed E-state index contributed by atoms with van der Waals surface area (Å²) in [5.41, 5.74) is 3.06. The molecule has 0 bridgehead atoms. The third-order valence-corrected chi connectivity index (χ3v) is 3.04. The van der Waals surface area contributed by atoms with E-state index >= 15 is 0 Å². The minimum Gasteiger partial charge on any atom is -0.384 e. The van der Waals surface area contributed by atoms with Gasteiger partial charge in [-0.2, -0.15) is 0 Å². The number of anilines is 1. The summed E-state index contributed by atoms with van der Waals surface area (Å²) in [5, 5.41) is 3.27. The SMILES string of the molecule is Cc1cccc(CN(C)CCNc2ccc(F)cc2)n1. The first-order valence-corrected chi connectivity index (χ1v) is 6.74. The Bertz CT molecular complexity index is 540. The summed E-state index contributed by atoms with van der Waals surface area (Å²) < 4.78 is 12.8. The smallest absolute Gasteiger partial charge is 0.123 e. The first-order chi connectivity index (χ1) is 9.63. The fourth-order valence-corrected chi connectivity index (χ4v) is 2.00. The summed E-state index contributed by atoms with van der Waals surface area (Å²) in [7, 11) is 2.07. The number of rotatable bonds is 6. The van der Waals surface area contributed by atoms with Crippen molar-refractivity contribution in [2.75, 3.05) is 25.5 Å². The highest BCUT2D eigenvalue weighted by Crippen LogP contribution is 2.08. The standard InChI is InChI=1S/C16H20FN3/c1-13-4-3-5-16(19-13)12-20(2)11-10-18-15-8-6-14(17)7-9-15/h3-9,18H,10-12H2,1-2H3. The summed E-state index contributed by atoms with van der Waals surface area (Å²) >= 11 is 0. The molecule has 2 rings (SSSR count). The molecular weight excluding hydrogens is 253 g/mol. The van der Waals surface area contributed by atoms with Gasteiger partial charge in [-0.3, -0.25) is 9.88 Å². The number of nitrogens with zero attached hydrogens (tertiary/aromatic N) is 2. The van der Waals surface area contributed by atoms with Gasteiger partial charge in [0.1, 0.15) is 5.82 Å². The molecule has 0 saturated heterocycles.